The summed E-state index contributed by atoms with van der Waals surface area (Å²) in [4.78, 5) is 0. The number of hydrogen-bond acceptors (Lipinski definition) is 3. The van der Waals surface area contributed by atoms with E-state index < -0.39 is 0 Å². The Kier molecular flexibility index (Phi) is 5.86. The van der Waals surface area contributed by atoms with Gasteiger partial charge >= 0.3 is 0 Å². The van der Waals surface area contributed by atoms with E-state index in [1.165, 1.54) is 36.8 Å². The Hall–Kier alpha value is -1.06. The van der Waals surface area contributed by atoms with Crippen LogP contribution in [0.3, 0.4) is 0 Å². The molecule has 0 amide bonds. The normalized spacial score (nSPS) is 22.8. The summed E-state index contributed by atoms with van der Waals surface area (Å²) in [5, 5.41) is 13.0. The van der Waals surface area contributed by atoms with Crippen molar-refractivity contribution in [3.63, 3.8) is 0 Å². The van der Waals surface area contributed by atoms with E-state index >= 15 is 0 Å². The number of benzene rings is 1. The summed E-state index contributed by atoms with van der Waals surface area (Å²) in [6, 6.07) is 6.28. The van der Waals surface area contributed by atoms with Crippen LogP contribution in [0.4, 0.5) is 0 Å². The minimum absolute atomic E-state index is 0.333. The van der Waals surface area contributed by atoms with Gasteiger partial charge in [0, 0.05) is 18.7 Å². The van der Waals surface area contributed by atoms with Gasteiger partial charge in [-0.15, -0.1) is 0 Å². The van der Waals surface area contributed by atoms with Crippen molar-refractivity contribution in [2.24, 2.45) is 11.8 Å². The maximum absolute atomic E-state index is 9.45. The zero-order valence-electron chi connectivity index (χ0n) is 12.7. The van der Waals surface area contributed by atoms with E-state index in [0.717, 1.165) is 18.8 Å². The van der Waals surface area contributed by atoms with Gasteiger partial charge in [-0.2, -0.15) is 0 Å². The van der Waals surface area contributed by atoms with Crippen molar-refractivity contribution in [3.8, 4) is 5.75 Å². The highest BCUT2D eigenvalue weighted by molar-refractivity contribution is 5.36. The van der Waals surface area contributed by atoms with E-state index in [4.69, 9.17) is 4.74 Å². The quantitative estimate of drug-likeness (QED) is 0.840. The van der Waals surface area contributed by atoms with Crippen molar-refractivity contribution < 1.29 is 9.84 Å². The smallest absolute Gasteiger partial charge is 0.123 e. The Bertz CT molecular complexity index is 419. The molecule has 0 aliphatic heterocycles. The number of rotatable bonds is 6. The lowest BCUT2D eigenvalue weighted by molar-refractivity contribution is 0.133. The van der Waals surface area contributed by atoms with Gasteiger partial charge in [0.05, 0.1) is 7.11 Å². The van der Waals surface area contributed by atoms with Gasteiger partial charge in [0.15, 0.2) is 0 Å². The van der Waals surface area contributed by atoms with Crippen LogP contribution < -0.4 is 10.1 Å². The molecule has 3 nitrogen and oxygen atoms in total. The fourth-order valence-corrected chi connectivity index (χ4v) is 3.23. The van der Waals surface area contributed by atoms with Crippen LogP contribution >= 0.6 is 0 Å². The van der Waals surface area contributed by atoms with Crippen LogP contribution in [-0.2, 0) is 6.54 Å². The largest absolute Gasteiger partial charge is 0.496 e. The molecule has 0 spiro atoms. The first-order chi connectivity index (χ1) is 9.74. The van der Waals surface area contributed by atoms with Crippen LogP contribution in [0, 0.1) is 18.8 Å². The van der Waals surface area contributed by atoms with E-state index in [1.54, 1.807) is 7.11 Å². The summed E-state index contributed by atoms with van der Waals surface area (Å²) in [6.45, 7) is 4.26. The van der Waals surface area contributed by atoms with Gasteiger partial charge in [0.1, 0.15) is 5.75 Å². The molecule has 0 radical (unpaired) electrons. The van der Waals surface area contributed by atoms with Crippen molar-refractivity contribution in [1.82, 2.24) is 5.32 Å². The van der Waals surface area contributed by atoms with Crippen LogP contribution in [-0.4, -0.2) is 25.4 Å². The molecule has 20 heavy (non-hydrogen) atoms. The van der Waals surface area contributed by atoms with Gasteiger partial charge in [0.25, 0.3) is 0 Å². The summed E-state index contributed by atoms with van der Waals surface area (Å²) in [5.74, 6) is 2.05. The Balaban J connectivity index is 1.87. The first-order valence-electron chi connectivity index (χ1n) is 7.69. The highest BCUT2D eigenvalue weighted by Gasteiger charge is 2.23. The van der Waals surface area contributed by atoms with Gasteiger partial charge in [-0.25, -0.2) is 0 Å². The number of aryl methyl sites for hydroxylation is 1. The molecule has 3 heteroatoms. The maximum atomic E-state index is 9.45. The molecule has 112 valence electrons. The monoisotopic (exact) mass is 277 g/mol. The van der Waals surface area contributed by atoms with Crippen molar-refractivity contribution in [2.75, 3.05) is 20.3 Å². The maximum Gasteiger partial charge on any atom is 0.123 e. The molecule has 1 aliphatic rings. The molecule has 1 aromatic rings. The number of nitrogens with one attached hydrogen (secondary N) is 1. The number of aliphatic hydroxyl groups excluding tert-OH is 1. The molecule has 0 aromatic heterocycles. The van der Waals surface area contributed by atoms with E-state index in [9.17, 15) is 5.11 Å². The van der Waals surface area contributed by atoms with E-state index in [2.05, 4.69) is 24.4 Å². The third-order valence-electron chi connectivity index (χ3n) is 4.46. The van der Waals surface area contributed by atoms with Crippen LogP contribution in [0.2, 0.25) is 0 Å². The van der Waals surface area contributed by atoms with Crippen molar-refractivity contribution in [3.05, 3.63) is 29.3 Å². The predicted octanol–water partition coefficient (Wildman–Crippen LogP) is 2.89. The van der Waals surface area contributed by atoms with Gasteiger partial charge < -0.3 is 15.2 Å². The van der Waals surface area contributed by atoms with Gasteiger partial charge in [-0.05, 0) is 44.2 Å². The van der Waals surface area contributed by atoms with Crippen LogP contribution in [0.15, 0.2) is 18.2 Å². The summed E-state index contributed by atoms with van der Waals surface area (Å²) < 4.78 is 5.41. The topological polar surface area (TPSA) is 41.5 Å². The van der Waals surface area contributed by atoms with Crippen molar-refractivity contribution in [1.29, 1.82) is 0 Å². The summed E-state index contributed by atoms with van der Waals surface area (Å²) in [5.41, 5.74) is 2.47. The van der Waals surface area contributed by atoms with E-state index in [0.29, 0.717) is 18.4 Å². The van der Waals surface area contributed by atoms with Gasteiger partial charge in [0.2, 0.25) is 0 Å². The third kappa shape index (κ3) is 3.97. The first kappa shape index (κ1) is 15.3. The lowest BCUT2D eigenvalue weighted by atomic mass is 9.79. The molecule has 2 N–H and O–H groups in total. The molecule has 1 saturated carbocycles. The summed E-state index contributed by atoms with van der Waals surface area (Å²) in [6.07, 6.45) is 4.99. The number of aliphatic hydroxyl groups is 1. The molecule has 1 aromatic carbocycles. The Labute approximate surface area is 122 Å². The van der Waals surface area contributed by atoms with Gasteiger partial charge in [-0.3, -0.25) is 0 Å². The molecule has 2 rings (SSSR count). The van der Waals surface area contributed by atoms with Crippen LogP contribution in [0.1, 0.15) is 36.8 Å². The minimum atomic E-state index is 0.333. The molecule has 1 fully saturated rings. The molecule has 2 unspecified atom stereocenters. The van der Waals surface area contributed by atoms with E-state index in [1.807, 2.05) is 6.07 Å². The number of ether oxygens (including phenoxy) is 1. The van der Waals surface area contributed by atoms with Crippen molar-refractivity contribution >= 4 is 0 Å². The highest BCUT2D eigenvalue weighted by atomic mass is 16.5. The third-order valence-corrected chi connectivity index (χ3v) is 4.46. The Morgan fingerprint density at radius 3 is 2.70 bits per heavy atom. The highest BCUT2D eigenvalue weighted by Crippen LogP contribution is 2.29. The van der Waals surface area contributed by atoms with Crippen LogP contribution in [0.5, 0.6) is 5.75 Å². The first-order valence-corrected chi connectivity index (χ1v) is 7.69. The fraction of sp³-hybridized carbons (Fsp3) is 0.647. The second-order valence-electron chi connectivity index (χ2n) is 5.93. The average molecular weight is 277 g/mol. The number of hydrogen-bond donors (Lipinski definition) is 2. The lowest BCUT2D eigenvalue weighted by Crippen LogP contribution is -2.32. The van der Waals surface area contributed by atoms with Crippen LogP contribution in [0.25, 0.3) is 0 Å². The fourth-order valence-electron chi connectivity index (χ4n) is 3.23. The zero-order valence-corrected chi connectivity index (χ0v) is 12.7. The predicted molar refractivity (Wildman–Crippen MR) is 82.0 cm³/mol. The molecule has 0 bridgehead atoms. The lowest BCUT2D eigenvalue weighted by Gasteiger charge is -2.30. The average Bonchev–Trinajstić information content (AvgIpc) is 2.48. The zero-order chi connectivity index (χ0) is 14.4. The second-order valence-corrected chi connectivity index (χ2v) is 5.93. The second kappa shape index (κ2) is 7.65. The van der Waals surface area contributed by atoms with Gasteiger partial charge in [-0.1, -0.05) is 30.5 Å². The Morgan fingerprint density at radius 1 is 1.25 bits per heavy atom. The van der Waals surface area contributed by atoms with E-state index in [-0.39, 0.29) is 0 Å². The molecule has 1 aliphatic carbocycles. The molecule has 2 atom stereocenters. The molecular weight excluding hydrogens is 250 g/mol. The minimum Gasteiger partial charge on any atom is -0.496 e. The molecule has 0 saturated heterocycles. The Morgan fingerprint density at radius 2 is 2.00 bits per heavy atom. The summed E-state index contributed by atoms with van der Waals surface area (Å²) >= 11 is 0. The number of methoxy groups -OCH3 is 1. The molecular formula is C17H27NO2. The SMILES string of the molecule is COc1ccc(C)cc1CNCC1CCCCC1CO. The standard InChI is InChI=1S/C17H27NO2/c1-13-7-8-17(20-2)16(9-13)11-18-10-14-5-3-4-6-15(14)12-19/h7-9,14-15,18-19H,3-6,10-12H2,1-2H3. The molecule has 0 heterocycles. The summed E-state index contributed by atoms with van der Waals surface area (Å²) in [7, 11) is 1.72. The van der Waals surface area contributed by atoms with Crippen molar-refractivity contribution in [2.45, 2.75) is 39.2 Å².